The van der Waals surface area contributed by atoms with Crippen LogP contribution in [-0.2, 0) is 16.1 Å². The molecule has 0 saturated heterocycles. The van der Waals surface area contributed by atoms with Gasteiger partial charge in [-0.25, -0.2) is 0 Å². The van der Waals surface area contributed by atoms with Gasteiger partial charge in [-0.05, 0) is 19.5 Å². The molecule has 1 heterocycles. The number of carbonyl (C=O) groups is 1. The van der Waals surface area contributed by atoms with E-state index in [1.54, 1.807) is 4.68 Å². The first kappa shape index (κ1) is 11.7. The highest BCUT2D eigenvalue weighted by atomic mass is 16.5. The van der Waals surface area contributed by atoms with Crippen LogP contribution in [0.4, 0.5) is 0 Å². The molecule has 0 aliphatic carbocycles. The SMILES string of the molecule is CCNC(Cn1ccc(C)n1)C(=O)OC. The smallest absolute Gasteiger partial charge is 0.324 e. The van der Waals surface area contributed by atoms with Crippen molar-refractivity contribution < 1.29 is 9.53 Å². The predicted octanol–water partition coefficient (Wildman–Crippen LogP) is 0.343. The largest absolute Gasteiger partial charge is 0.468 e. The zero-order chi connectivity index (χ0) is 11.3. The van der Waals surface area contributed by atoms with Crippen molar-refractivity contribution in [3.8, 4) is 0 Å². The zero-order valence-corrected chi connectivity index (χ0v) is 9.36. The molecule has 0 radical (unpaired) electrons. The third-order valence-corrected chi connectivity index (χ3v) is 2.08. The molecule has 1 rings (SSSR count). The maximum Gasteiger partial charge on any atom is 0.324 e. The fourth-order valence-corrected chi connectivity index (χ4v) is 1.36. The molecule has 84 valence electrons. The van der Waals surface area contributed by atoms with Crippen molar-refractivity contribution in [2.75, 3.05) is 13.7 Å². The Hall–Kier alpha value is -1.36. The molecule has 0 bridgehead atoms. The summed E-state index contributed by atoms with van der Waals surface area (Å²) < 4.78 is 6.44. The van der Waals surface area contributed by atoms with Crippen molar-refractivity contribution in [1.29, 1.82) is 0 Å². The van der Waals surface area contributed by atoms with Crippen molar-refractivity contribution in [2.24, 2.45) is 0 Å². The van der Waals surface area contributed by atoms with Gasteiger partial charge >= 0.3 is 5.97 Å². The summed E-state index contributed by atoms with van der Waals surface area (Å²) in [7, 11) is 1.39. The first-order valence-electron chi connectivity index (χ1n) is 4.98. The van der Waals surface area contributed by atoms with Crippen molar-refractivity contribution in [2.45, 2.75) is 26.4 Å². The number of rotatable bonds is 5. The molecule has 0 aromatic carbocycles. The highest BCUT2D eigenvalue weighted by Crippen LogP contribution is 1.97. The van der Waals surface area contributed by atoms with Crippen LogP contribution in [0.15, 0.2) is 12.3 Å². The first-order chi connectivity index (χ1) is 7.17. The van der Waals surface area contributed by atoms with E-state index < -0.39 is 0 Å². The third-order valence-electron chi connectivity index (χ3n) is 2.08. The number of likely N-dealkylation sites (N-methyl/N-ethyl adjacent to an activating group) is 1. The molecule has 0 saturated carbocycles. The number of ether oxygens (including phenoxy) is 1. The minimum Gasteiger partial charge on any atom is -0.468 e. The van der Waals surface area contributed by atoms with E-state index in [4.69, 9.17) is 4.74 Å². The van der Waals surface area contributed by atoms with E-state index in [-0.39, 0.29) is 12.0 Å². The highest BCUT2D eigenvalue weighted by Gasteiger charge is 2.18. The van der Waals surface area contributed by atoms with Gasteiger partial charge in [0.2, 0.25) is 0 Å². The average molecular weight is 211 g/mol. The summed E-state index contributed by atoms with van der Waals surface area (Å²) >= 11 is 0. The molecule has 1 unspecified atom stereocenters. The normalized spacial score (nSPS) is 12.5. The van der Waals surface area contributed by atoms with Crippen LogP contribution in [-0.4, -0.2) is 35.4 Å². The van der Waals surface area contributed by atoms with Crippen molar-refractivity contribution >= 4 is 5.97 Å². The van der Waals surface area contributed by atoms with Crippen LogP contribution in [0.1, 0.15) is 12.6 Å². The molecule has 1 aromatic heterocycles. The van der Waals surface area contributed by atoms with E-state index in [1.165, 1.54) is 7.11 Å². The molecule has 15 heavy (non-hydrogen) atoms. The Bertz CT molecular complexity index is 322. The van der Waals surface area contributed by atoms with Crippen molar-refractivity contribution in [1.82, 2.24) is 15.1 Å². The molecule has 0 fully saturated rings. The fourth-order valence-electron chi connectivity index (χ4n) is 1.36. The van der Waals surface area contributed by atoms with E-state index in [1.807, 2.05) is 26.1 Å². The molecule has 5 nitrogen and oxygen atoms in total. The molecule has 1 atom stereocenters. The summed E-state index contributed by atoms with van der Waals surface area (Å²) in [6.07, 6.45) is 1.85. The summed E-state index contributed by atoms with van der Waals surface area (Å²) in [5.41, 5.74) is 0.940. The molecule has 0 spiro atoms. The molecular formula is C10H17N3O2. The van der Waals surface area contributed by atoms with E-state index >= 15 is 0 Å². The van der Waals surface area contributed by atoms with Crippen molar-refractivity contribution in [3.05, 3.63) is 18.0 Å². The molecule has 1 N–H and O–H groups in total. The third kappa shape index (κ3) is 3.36. The van der Waals surface area contributed by atoms with Crippen LogP contribution >= 0.6 is 0 Å². The second kappa shape index (κ2) is 5.50. The number of aryl methyl sites for hydroxylation is 1. The monoisotopic (exact) mass is 211 g/mol. The van der Waals surface area contributed by atoms with Gasteiger partial charge in [0, 0.05) is 6.20 Å². The highest BCUT2D eigenvalue weighted by molar-refractivity contribution is 5.75. The Morgan fingerprint density at radius 2 is 2.47 bits per heavy atom. The molecule has 5 heteroatoms. The Balaban J connectivity index is 2.62. The van der Waals surface area contributed by atoms with Gasteiger partial charge in [-0.15, -0.1) is 0 Å². The first-order valence-corrected chi connectivity index (χ1v) is 4.98. The average Bonchev–Trinajstić information content (AvgIpc) is 2.62. The van der Waals surface area contributed by atoms with Crippen LogP contribution < -0.4 is 5.32 Å². The maximum atomic E-state index is 11.4. The van der Waals surface area contributed by atoms with E-state index in [0.29, 0.717) is 6.54 Å². The van der Waals surface area contributed by atoms with Crippen molar-refractivity contribution in [3.63, 3.8) is 0 Å². The van der Waals surface area contributed by atoms with Crippen LogP contribution in [0.3, 0.4) is 0 Å². The quantitative estimate of drug-likeness (QED) is 0.714. The Kier molecular flexibility index (Phi) is 4.30. The number of nitrogens with zero attached hydrogens (tertiary/aromatic N) is 2. The minimum absolute atomic E-state index is 0.259. The number of hydrogen-bond acceptors (Lipinski definition) is 4. The van der Waals surface area contributed by atoms with E-state index in [2.05, 4.69) is 10.4 Å². The number of nitrogens with one attached hydrogen (secondary N) is 1. The summed E-state index contributed by atoms with van der Waals surface area (Å²) in [5, 5.41) is 7.27. The Morgan fingerprint density at radius 3 is 2.93 bits per heavy atom. The summed E-state index contributed by atoms with van der Waals surface area (Å²) in [6.45, 7) is 5.08. The number of methoxy groups -OCH3 is 1. The second-order valence-corrected chi connectivity index (χ2v) is 3.31. The summed E-state index contributed by atoms with van der Waals surface area (Å²) in [4.78, 5) is 11.4. The lowest BCUT2D eigenvalue weighted by Crippen LogP contribution is -2.41. The molecule has 0 aliphatic rings. The summed E-state index contributed by atoms with van der Waals surface area (Å²) in [5.74, 6) is -0.259. The van der Waals surface area contributed by atoms with Crippen LogP contribution in [0.5, 0.6) is 0 Å². The van der Waals surface area contributed by atoms with Gasteiger partial charge in [-0.3, -0.25) is 9.48 Å². The summed E-state index contributed by atoms with van der Waals surface area (Å²) in [6, 6.07) is 1.57. The van der Waals surface area contributed by atoms with Gasteiger partial charge in [0.05, 0.1) is 19.3 Å². The van der Waals surface area contributed by atoms with Crippen LogP contribution in [0.25, 0.3) is 0 Å². The van der Waals surface area contributed by atoms with Crippen LogP contribution in [0.2, 0.25) is 0 Å². The molecule has 0 amide bonds. The zero-order valence-electron chi connectivity index (χ0n) is 9.36. The second-order valence-electron chi connectivity index (χ2n) is 3.31. The van der Waals surface area contributed by atoms with Gasteiger partial charge in [-0.2, -0.15) is 5.10 Å². The van der Waals surface area contributed by atoms with Gasteiger partial charge in [0.25, 0.3) is 0 Å². The topological polar surface area (TPSA) is 56.2 Å². The Morgan fingerprint density at radius 1 is 1.73 bits per heavy atom. The fraction of sp³-hybridized carbons (Fsp3) is 0.600. The lowest BCUT2D eigenvalue weighted by Gasteiger charge is -2.15. The number of aromatic nitrogens is 2. The number of hydrogen-bond donors (Lipinski definition) is 1. The lowest BCUT2D eigenvalue weighted by atomic mass is 10.3. The van der Waals surface area contributed by atoms with E-state index in [0.717, 1.165) is 12.2 Å². The minimum atomic E-state index is -0.334. The molecule has 1 aromatic rings. The standard InChI is InChI=1S/C10H17N3O2/c1-4-11-9(10(14)15-3)7-13-6-5-8(2)12-13/h5-6,9,11H,4,7H2,1-3H3. The van der Waals surface area contributed by atoms with Gasteiger partial charge in [0.15, 0.2) is 0 Å². The molecule has 0 aliphatic heterocycles. The van der Waals surface area contributed by atoms with Gasteiger partial charge < -0.3 is 10.1 Å². The van der Waals surface area contributed by atoms with Gasteiger partial charge in [0.1, 0.15) is 6.04 Å². The Labute approximate surface area is 89.4 Å². The lowest BCUT2D eigenvalue weighted by molar-refractivity contribution is -0.143. The predicted molar refractivity (Wildman–Crippen MR) is 56.4 cm³/mol. The maximum absolute atomic E-state index is 11.4. The van der Waals surface area contributed by atoms with E-state index in [9.17, 15) is 4.79 Å². The van der Waals surface area contributed by atoms with Gasteiger partial charge in [-0.1, -0.05) is 6.92 Å². The molecular weight excluding hydrogens is 194 g/mol. The van der Waals surface area contributed by atoms with Crippen LogP contribution in [0, 0.1) is 6.92 Å². The number of esters is 1. The number of carbonyl (C=O) groups excluding carboxylic acids is 1.